The van der Waals surface area contributed by atoms with Gasteiger partial charge in [-0.1, -0.05) is 24.3 Å². The first kappa shape index (κ1) is 16.4. The third kappa shape index (κ3) is 2.03. The van der Waals surface area contributed by atoms with Crippen molar-refractivity contribution in [2.24, 2.45) is 45.3 Å². The lowest BCUT2D eigenvalue weighted by Gasteiger charge is -2.73. The predicted molar refractivity (Wildman–Crippen MR) is 109 cm³/mol. The second kappa shape index (κ2) is 5.09. The van der Waals surface area contributed by atoms with Gasteiger partial charge >= 0.3 is 0 Å². The van der Waals surface area contributed by atoms with E-state index in [-0.39, 0.29) is 0 Å². The molecule has 8 aliphatic carbocycles. The highest BCUT2D eigenvalue weighted by molar-refractivity contribution is 5.23. The average Bonchev–Trinajstić information content (AvgIpc) is 2.52. The molecule has 0 aromatic carbocycles. The van der Waals surface area contributed by atoms with Crippen molar-refractivity contribution in [1.82, 2.24) is 0 Å². The lowest BCUT2D eigenvalue weighted by molar-refractivity contribution is -0.223. The van der Waals surface area contributed by atoms with Crippen LogP contribution < -0.4 is 0 Å². The van der Waals surface area contributed by atoms with Crippen LogP contribution in [-0.4, -0.2) is 0 Å². The van der Waals surface area contributed by atoms with Crippen molar-refractivity contribution < 1.29 is 0 Å². The van der Waals surface area contributed by atoms with Gasteiger partial charge in [-0.05, 0) is 136 Å². The Morgan fingerprint density at radius 2 is 0.885 bits per heavy atom. The van der Waals surface area contributed by atoms with E-state index in [1.807, 2.05) is 0 Å². The zero-order chi connectivity index (χ0) is 17.6. The van der Waals surface area contributed by atoms with Gasteiger partial charge in [-0.15, -0.1) is 0 Å². The van der Waals surface area contributed by atoms with Crippen LogP contribution in [0.3, 0.4) is 0 Å². The summed E-state index contributed by atoms with van der Waals surface area (Å²) in [6.07, 6.45) is 29.0. The van der Waals surface area contributed by atoms with Gasteiger partial charge in [0.25, 0.3) is 0 Å². The molecule has 0 saturated heterocycles. The van der Waals surface area contributed by atoms with Gasteiger partial charge in [-0.3, -0.25) is 0 Å². The lowest BCUT2D eigenvalue weighted by atomic mass is 9.31. The van der Waals surface area contributed by atoms with Crippen molar-refractivity contribution in [2.75, 3.05) is 0 Å². The third-order valence-corrected chi connectivity index (χ3v) is 10.4. The van der Waals surface area contributed by atoms with Crippen LogP contribution in [-0.2, 0) is 0 Å². The molecule has 8 aliphatic rings. The van der Waals surface area contributed by atoms with Gasteiger partial charge < -0.3 is 0 Å². The Kier molecular flexibility index (Phi) is 3.22. The molecule has 0 nitrogen and oxygen atoms in total. The number of rotatable bonds is 3. The molecular weight excluding hydrogens is 312 g/mol. The maximum atomic E-state index is 2.68. The van der Waals surface area contributed by atoms with Crippen LogP contribution in [0.1, 0.15) is 90.9 Å². The SMILES string of the molecule is C/C=C\C12CC3CC(C1)CC(C14CC5CC(CC(/C=C\C)(C5)C1)C4)(C3)C2. The summed E-state index contributed by atoms with van der Waals surface area (Å²) in [5.41, 5.74) is 2.61. The van der Waals surface area contributed by atoms with Crippen molar-refractivity contribution in [3.63, 3.8) is 0 Å². The third-order valence-electron chi connectivity index (χ3n) is 10.4. The Labute approximate surface area is 160 Å². The van der Waals surface area contributed by atoms with Gasteiger partial charge in [0, 0.05) is 0 Å². The van der Waals surface area contributed by atoms with E-state index in [4.69, 9.17) is 0 Å². The molecule has 0 heteroatoms. The Balaban J connectivity index is 1.44. The monoisotopic (exact) mass is 350 g/mol. The van der Waals surface area contributed by atoms with Crippen LogP contribution in [0.5, 0.6) is 0 Å². The number of hydrogen-bond donors (Lipinski definition) is 0. The van der Waals surface area contributed by atoms with E-state index in [1.165, 1.54) is 25.7 Å². The zero-order valence-corrected chi connectivity index (χ0v) is 17.1. The van der Waals surface area contributed by atoms with Gasteiger partial charge in [0.1, 0.15) is 0 Å². The van der Waals surface area contributed by atoms with Crippen LogP contribution in [0.2, 0.25) is 0 Å². The standard InChI is InChI=1S/C26H38/c1-3-5-23-9-19-7-20(10-23)14-25(13-19,17-23)26-15-21-8-22(16-26)12-24(11-21,18-26)6-4-2/h3-6,19-22H,7-18H2,1-2H3/b5-3-,6-4-. The summed E-state index contributed by atoms with van der Waals surface area (Å²) in [5, 5.41) is 0. The molecule has 0 N–H and O–H groups in total. The maximum absolute atomic E-state index is 2.68. The Morgan fingerprint density at radius 3 is 1.19 bits per heavy atom. The van der Waals surface area contributed by atoms with E-state index in [9.17, 15) is 0 Å². The highest BCUT2D eigenvalue weighted by Crippen LogP contribution is 2.78. The molecule has 0 heterocycles. The molecule has 8 rings (SSSR count). The van der Waals surface area contributed by atoms with Crippen molar-refractivity contribution in [1.29, 1.82) is 0 Å². The number of allylic oxidation sites excluding steroid dienone is 4. The van der Waals surface area contributed by atoms with Gasteiger partial charge in [0.2, 0.25) is 0 Å². The van der Waals surface area contributed by atoms with Crippen LogP contribution in [0.25, 0.3) is 0 Å². The fourth-order valence-electron chi connectivity index (χ4n) is 11.0. The van der Waals surface area contributed by atoms with Gasteiger partial charge in [-0.25, -0.2) is 0 Å². The molecule has 0 aromatic heterocycles. The first-order valence-electron chi connectivity index (χ1n) is 11.8. The zero-order valence-electron chi connectivity index (χ0n) is 17.1. The lowest BCUT2D eigenvalue weighted by Crippen LogP contribution is -2.64. The van der Waals surface area contributed by atoms with E-state index in [2.05, 4.69) is 38.2 Å². The van der Waals surface area contributed by atoms with E-state index in [0.717, 1.165) is 23.7 Å². The molecule has 0 radical (unpaired) electrons. The second-order valence-corrected chi connectivity index (χ2v) is 12.2. The Bertz CT molecular complexity index is 578. The molecule has 4 atom stereocenters. The summed E-state index contributed by atoms with van der Waals surface area (Å²) < 4.78 is 0. The minimum absolute atomic E-state index is 0.593. The maximum Gasteiger partial charge on any atom is -0.0108 e. The molecule has 0 spiro atoms. The predicted octanol–water partition coefficient (Wildman–Crippen LogP) is 7.31. The van der Waals surface area contributed by atoms with Crippen molar-refractivity contribution >= 4 is 0 Å². The fraction of sp³-hybridized carbons (Fsp3) is 0.846. The normalized spacial score (nSPS) is 59.9. The first-order valence-corrected chi connectivity index (χ1v) is 11.8. The summed E-state index contributed by atoms with van der Waals surface area (Å²) in [6.45, 7) is 4.55. The molecule has 0 aliphatic heterocycles. The van der Waals surface area contributed by atoms with Crippen LogP contribution in [0, 0.1) is 45.3 Å². The van der Waals surface area contributed by atoms with E-state index in [1.54, 1.807) is 51.4 Å². The molecule has 142 valence electrons. The van der Waals surface area contributed by atoms with Crippen molar-refractivity contribution in [3.05, 3.63) is 24.3 Å². The summed E-state index contributed by atoms with van der Waals surface area (Å²) in [5.74, 6) is 4.22. The quantitative estimate of drug-likeness (QED) is 0.468. The minimum atomic E-state index is 0.593. The van der Waals surface area contributed by atoms with Crippen molar-refractivity contribution in [3.8, 4) is 0 Å². The Morgan fingerprint density at radius 1 is 0.538 bits per heavy atom. The first-order chi connectivity index (χ1) is 12.5. The highest BCUT2D eigenvalue weighted by Gasteiger charge is 2.68. The van der Waals surface area contributed by atoms with E-state index < -0.39 is 0 Å². The molecule has 26 heavy (non-hydrogen) atoms. The van der Waals surface area contributed by atoms with Gasteiger partial charge in [-0.2, -0.15) is 0 Å². The Hall–Kier alpha value is -0.520. The number of hydrogen-bond acceptors (Lipinski definition) is 0. The molecule has 4 unspecified atom stereocenters. The van der Waals surface area contributed by atoms with Crippen LogP contribution in [0.15, 0.2) is 24.3 Å². The summed E-state index contributed by atoms with van der Waals surface area (Å²) in [7, 11) is 0. The van der Waals surface area contributed by atoms with Crippen LogP contribution in [0.4, 0.5) is 0 Å². The minimum Gasteiger partial charge on any atom is -0.0911 e. The second-order valence-electron chi connectivity index (χ2n) is 12.2. The largest absolute Gasteiger partial charge is 0.0911 e. The van der Waals surface area contributed by atoms with E-state index in [0.29, 0.717) is 21.7 Å². The molecule has 0 aromatic rings. The smallest absolute Gasteiger partial charge is 0.0108 e. The van der Waals surface area contributed by atoms with Gasteiger partial charge in [0.05, 0.1) is 0 Å². The molecule has 8 fully saturated rings. The highest BCUT2D eigenvalue weighted by atomic mass is 14.7. The fourth-order valence-corrected chi connectivity index (χ4v) is 11.0. The average molecular weight is 351 g/mol. The van der Waals surface area contributed by atoms with Crippen LogP contribution >= 0.6 is 0 Å². The molecule has 0 amide bonds. The summed E-state index contributed by atoms with van der Waals surface area (Å²) >= 11 is 0. The summed E-state index contributed by atoms with van der Waals surface area (Å²) in [6, 6.07) is 0. The molecular formula is C26H38. The molecule has 8 bridgehead atoms. The summed E-state index contributed by atoms with van der Waals surface area (Å²) in [4.78, 5) is 0. The van der Waals surface area contributed by atoms with Crippen molar-refractivity contribution in [2.45, 2.75) is 90.9 Å². The van der Waals surface area contributed by atoms with E-state index >= 15 is 0 Å². The molecule has 8 saturated carbocycles. The van der Waals surface area contributed by atoms with Gasteiger partial charge in [0.15, 0.2) is 0 Å². The topological polar surface area (TPSA) is 0 Å².